The number of allylic oxidation sites excluding steroid dienone is 1. The molecule has 0 aromatic rings. The molecule has 1 fully saturated rings. The lowest BCUT2D eigenvalue weighted by molar-refractivity contribution is -0.262. The number of hydrogen-bond donors (Lipinski definition) is 0. The Bertz CT molecular complexity index is 179. The van der Waals surface area contributed by atoms with Crippen LogP contribution in [0.3, 0.4) is 0 Å². The summed E-state index contributed by atoms with van der Waals surface area (Å²) in [6.07, 6.45) is 8.53. The topological polar surface area (TPSA) is 18.5 Å². The predicted molar refractivity (Wildman–Crippen MR) is 53.5 cm³/mol. The van der Waals surface area contributed by atoms with Crippen LogP contribution in [-0.4, -0.2) is 19.0 Å². The van der Waals surface area contributed by atoms with Gasteiger partial charge in [-0.25, -0.2) is 0 Å². The van der Waals surface area contributed by atoms with E-state index in [-0.39, 0.29) is 0 Å². The van der Waals surface area contributed by atoms with Gasteiger partial charge in [-0.05, 0) is 13.3 Å². The summed E-state index contributed by atoms with van der Waals surface area (Å²) in [5, 5.41) is 0. The van der Waals surface area contributed by atoms with Crippen LogP contribution < -0.4 is 0 Å². The van der Waals surface area contributed by atoms with Crippen LogP contribution in [0.4, 0.5) is 0 Å². The average Bonchev–Trinajstić information content (AvgIpc) is 2.17. The highest BCUT2D eigenvalue weighted by Crippen LogP contribution is 2.27. The lowest BCUT2D eigenvalue weighted by Crippen LogP contribution is -2.39. The minimum Gasteiger partial charge on any atom is -0.349 e. The van der Waals surface area contributed by atoms with Gasteiger partial charge in [0.25, 0.3) is 0 Å². The molecule has 2 nitrogen and oxygen atoms in total. The van der Waals surface area contributed by atoms with Gasteiger partial charge in [-0.2, -0.15) is 0 Å². The van der Waals surface area contributed by atoms with Crippen LogP contribution in [0.1, 0.15) is 26.2 Å². The van der Waals surface area contributed by atoms with E-state index in [0.29, 0.717) is 0 Å². The smallest absolute Gasteiger partial charge is 0.175 e. The van der Waals surface area contributed by atoms with E-state index in [1.165, 1.54) is 0 Å². The SMILES string of the molecule is C=CCC1(C/C=C/C)OCCCO1. The zero-order valence-electron chi connectivity index (χ0n) is 8.29. The molecule has 1 aliphatic heterocycles. The van der Waals surface area contributed by atoms with Gasteiger partial charge in [0.05, 0.1) is 13.2 Å². The zero-order valence-corrected chi connectivity index (χ0v) is 8.29. The van der Waals surface area contributed by atoms with E-state index in [1.54, 1.807) is 0 Å². The van der Waals surface area contributed by atoms with Gasteiger partial charge in [-0.15, -0.1) is 6.58 Å². The molecule has 0 atom stereocenters. The van der Waals surface area contributed by atoms with Crippen LogP contribution in [0.2, 0.25) is 0 Å². The van der Waals surface area contributed by atoms with Crippen LogP contribution >= 0.6 is 0 Å². The summed E-state index contributed by atoms with van der Waals surface area (Å²) in [7, 11) is 0. The van der Waals surface area contributed by atoms with Crippen molar-refractivity contribution >= 4 is 0 Å². The van der Waals surface area contributed by atoms with E-state index < -0.39 is 5.79 Å². The second-order valence-corrected chi connectivity index (χ2v) is 3.23. The van der Waals surface area contributed by atoms with Crippen molar-refractivity contribution in [2.24, 2.45) is 0 Å². The standard InChI is InChI=1S/C11H18O2/c1-3-5-8-11(7-4-2)12-9-6-10-13-11/h3-5H,2,6-10H2,1H3/b5-3+. The molecule has 0 bridgehead atoms. The Hall–Kier alpha value is -0.600. The fourth-order valence-corrected chi connectivity index (χ4v) is 1.45. The summed E-state index contributed by atoms with van der Waals surface area (Å²) in [5.41, 5.74) is 0. The third-order valence-corrected chi connectivity index (χ3v) is 2.14. The molecule has 0 spiro atoms. The first kappa shape index (κ1) is 10.5. The lowest BCUT2D eigenvalue weighted by atomic mass is 10.1. The van der Waals surface area contributed by atoms with Crippen molar-refractivity contribution in [1.82, 2.24) is 0 Å². The fraction of sp³-hybridized carbons (Fsp3) is 0.636. The molecule has 1 aliphatic rings. The van der Waals surface area contributed by atoms with Gasteiger partial charge >= 0.3 is 0 Å². The fourth-order valence-electron chi connectivity index (χ4n) is 1.45. The molecule has 0 unspecified atom stereocenters. The van der Waals surface area contributed by atoms with Gasteiger partial charge in [0, 0.05) is 12.8 Å². The lowest BCUT2D eigenvalue weighted by Gasteiger charge is -2.35. The first-order valence-electron chi connectivity index (χ1n) is 4.83. The van der Waals surface area contributed by atoms with Crippen molar-refractivity contribution in [3.63, 3.8) is 0 Å². The molecule has 1 heterocycles. The minimum absolute atomic E-state index is 0.424. The maximum Gasteiger partial charge on any atom is 0.175 e. The molecule has 0 aliphatic carbocycles. The number of rotatable bonds is 4. The highest BCUT2D eigenvalue weighted by atomic mass is 16.7. The van der Waals surface area contributed by atoms with Crippen LogP contribution in [0, 0.1) is 0 Å². The minimum atomic E-state index is -0.424. The van der Waals surface area contributed by atoms with E-state index in [2.05, 4.69) is 12.7 Å². The van der Waals surface area contributed by atoms with E-state index in [1.807, 2.05) is 19.1 Å². The summed E-state index contributed by atoms with van der Waals surface area (Å²) >= 11 is 0. The maximum absolute atomic E-state index is 5.66. The summed E-state index contributed by atoms with van der Waals surface area (Å²) in [6, 6.07) is 0. The van der Waals surface area contributed by atoms with Crippen LogP contribution in [0.25, 0.3) is 0 Å². The third-order valence-electron chi connectivity index (χ3n) is 2.14. The molecule has 1 rings (SSSR count). The molecule has 0 aromatic heterocycles. The monoisotopic (exact) mass is 182 g/mol. The highest BCUT2D eigenvalue weighted by Gasteiger charge is 2.31. The number of hydrogen-bond acceptors (Lipinski definition) is 2. The second-order valence-electron chi connectivity index (χ2n) is 3.23. The summed E-state index contributed by atoms with van der Waals surface area (Å²) in [5.74, 6) is -0.424. The Labute approximate surface area is 80.2 Å². The van der Waals surface area contributed by atoms with Crippen molar-refractivity contribution in [1.29, 1.82) is 0 Å². The molecular weight excluding hydrogens is 164 g/mol. The van der Waals surface area contributed by atoms with Crippen LogP contribution in [0.5, 0.6) is 0 Å². The van der Waals surface area contributed by atoms with Crippen LogP contribution in [-0.2, 0) is 9.47 Å². The maximum atomic E-state index is 5.66. The van der Waals surface area contributed by atoms with E-state index in [4.69, 9.17) is 9.47 Å². The number of ether oxygens (including phenoxy) is 2. The van der Waals surface area contributed by atoms with E-state index in [0.717, 1.165) is 32.5 Å². The second kappa shape index (κ2) is 5.20. The normalized spacial score (nSPS) is 21.9. The van der Waals surface area contributed by atoms with Crippen LogP contribution in [0.15, 0.2) is 24.8 Å². The molecule has 2 heteroatoms. The Kier molecular flexibility index (Phi) is 4.19. The third kappa shape index (κ3) is 2.98. The van der Waals surface area contributed by atoms with Crippen molar-refractivity contribution in [2.75, 3.05) is 13.2 Å². The highest BCUT2D eigenvalue weighted by molar-refractivity contribution is 4.90. The summed E-state index contributed by atoms with van der Waals surface area (Å²) in [6.45, 7) is 7.32. The molecule has 74 valence electrons. The largest absolute Gasteiger partial charge is 0.349 e. The molecule has 0 radical (unpaired) electrons. The van der Waals surface area contributed by atoms with Gasteiger partial charge in [-0.3, -0.25) is 0 Å². The molecule has 0 saturated carbocycles. The summed E-state index contributed by atoms with van der Waals surface area (Å²) in [4.78, 5) is 0. The van der Waals surface area contributed by atoms with E-state index in [9.17, 15) is 0 Å². The Morgan fingerprint density at radius 2 is 2.00 bits per heavy atom. The Balaban J connectivity index is 2.54. The average molecular weight is 182 g/mol. The molecule has 0 amide bonds. The molecule has 13 heavy (non-hydrogen) atoms. The molecular formula is C11H18O2. The molecule has 0 aromatic carbocycles. The quantitative estimate of drug-likeness (QED) is 0.622. The summed E-state index contributed by atoms with van der Waals surface area (Å²) < 4.78 is 11.3. The van der Waals surface area contributed by atoms with E-state index >= 15 is 0 Å². The van der Waals surface area contributed by atoms with Gasteiger partial charge < -0.3 is 9.47 Å². The first-order chi connectivity index (χ1) is 6.33. The van der Waals surface area contributed by atoms with Gasteiger partial charge in [0.1, 0.15) is 0 Å². The van der Waals surface area contributed by atoms with Gasteiger partial charge in [-0.1, -0.05) is 18.2 Å². The van der Waals surface area contributed by atoms with Gasteiger partial charge in [0.15, 0.2) is 5.79 Å². The first-order valence-corrected chi connectivity index (χ1v) is 4.83. The zero-order chi connectivity index (χ0) is 9.57. The Morgan fingerprint density at radius 3 is 2.54 bits per heavy atom. The molecule has 0 N–H and O–H groups in total. The Morgan fingerprint density at radius 1 is 1.31 bits per heavy atom. The van der Waals surface area contributed by atoms with Gasteiger partial charge in [0.2, 0.25) is 0 Å². The molecule has 1 saturated heterocycles. The van der Waals surface area contributed by atoms with Crippen molar-refractivity contribution in [3.8, 4) is 0 Å². The van der Waals surface area contributed by atoms with Crippen molar-refractivity contribution in [3.05, 3.63) is 24.8 Å². The van der Waals surface area contributed by atoms with Crippen molar-refractivity contribution < 1.29 is 9.47 Å². The van der Waals surface area contributed by atoms with Crippen molar-refractivity contribution in [2.45, 2.75) is 32.0 Å². The predicted octanol–water partition coefficient (Wildman–Crippen LogP) is 2.66.